The van der Waals surface area contributed by atoms with Crippen molar-refractivity contribution in [3.8, 4) is 0 Å². The highest BCUT2D eigenvalue weighted by molar-refractivity contribution is 5.44. The summed E-state index contributed by atoms with van der Waals surface area (Å²) in [5.41, 5.74) is -7.74. The lowest BCUT2D eigenvalue weighted by Gasteiger charge is -2.09. The summed E-state index contributed by atoms with van der Waals surface area (Å²) in [7, 11) is 0. The number of hydrogen-bond donors (Lipinski definition) is 0. The number of benzene rings is 1. The number of halogens is 9. The van der Waals surface area contributed by atoms with Crippen LogP contribution in [0.4, 0.5) is 39.5 Å². The summed E-state index contributed by atoms with van der Waals surface area (Å²) in [6.45, 7) is 0. The largest absolute Gasteiger partial charge is 0.357 e. The first-order valence-electron chi connectivity index (χ1n) is 4.28. The van der Waals surface area contributed by atoms with Crippen molar-refractivity contribution < 1.29 is 39.5 Å². The van der Waals surface area contributed by atoms with E-state index in [1.165, 1.54) is 0 Å². The molecule has 2 rings (SSSR count). The first-order chi connectivity index (χ1) is 8.00. The van der Waals surface area contributed by atoms with E-state index < -0.39 is 52.4 Å². The fourth-order valence-electron chi connectivity index (χ4n) is 1.58. The summed E-state index contributed by atoms with van der Waals surface area (Å²) >= 11 is 0. The molecule has 0 radical (unpaired) electrons. The molecule has 1 saturated carbocycles. The fourth-order valence-corrected chi connectivity index (χ4v) is 1.58. The standard InChI is InChI=1S/C9HF9/c10-2-1-3(11)6(13)4(5(2)12)7(14)8(15,16)9(7,17)18/h1H. The Kier molecular flexibility index (Phi) is 2.26. The molecule has 0 aromatic heterocycles. The second-order valence-electron chi connectivity index (χ2n) is 3.65. The van der Waals surface area contributed by atoms with Gasteiger partial charge in [-0.05, 0) is 0 Å². The van der Waals surface area contributed by atoms with E-state index in [0.717, 1.165) is 0 Å². The average Bonchev–Trinajstić information content (AvgIpc) is 2.55. The minimum Gasteiger partial charge on any atom is -0.224 e. The highest BCUT2D eigenvalue weighted by atomic mass is 19.3. The van der Waals surface area contributed by atoms with Gasteiger partial charge in [0.25, 0.3) is 5.67 Å². The van der Waals surface area contributed by atoms with Crippen LogP contribution in [0.3, 0.4) is 0 Å². The van der Waals surface area contributed by atoms with Gasteiger partial charge in [-0.25, -0.2) is 22.0 Å². The minimum absolute atomic E-state index is 0.407. The first kappa shape index (κ1) is 13.0. The van der Waals surface area contributed by atoms with Crippen molar-refractivity contribution in [3.05, 3.63) is 34.9 Å². The average molecular weight is 280 g/mol. The van der Waals surface area contributed by atoms with Crippen molar-refractivity contribution in [2.45, 2.75) is 17.5 Å². The Bertz CT molecular complexity index is 493. The number of hydrogen-bond acceptors (Lipinski definition) is 0. The number of rotatable bonds is 1. The van der Waals surface area contributed by atoms with Crippen LogP contribution in [-0.2, 0) is 5.67 Å². The van der Waals surface area contributed by atoms with Gasteiger partial charge in [-0.3, -0.25) is 0 Å². The van der Waals surface area contributed by atoms with Gasteiger partial charge in [-0.2, -0.15) is 17.6 Å². The van der Waals surface area contributed by atoms with Gasteiger partial charge in [0.2, 0.25) is 0 Å². The molecule has 100 valence electrons. The maximum Gasteiger partial charge on any atom is 0.357 e. The lowest BCUT2D eigenvalue weighted by molar-refractivity contribution is -0.0278. The summed E-state index contributed by atoms with van der Waals surface area (Å²) in [6, 6.07) is -0.407. The fraction of sp³-hybridized carbons (Fsp3) is 0.333. The van der Waals surface area contributed by atoms with Crippen molar-refractivity contribution >= 4 is 0 Å². The molecule has 1 aliphatic rings. The van der Waals surface area contributed by atoms with Gasteiger partial charge in [0.1, 0.15) is 0 Å². The smallest absolute Gasteiger partial charge is 0.224 e. The summed E-state index contributed by atoms with van der Waals surface area (Å²) in [4.78, 5) is 0. The monoisotopic (exact) mass is 280 g/mol. The summed E-state index contributed by atoms with van der Waals surface area (Å²) in [5, 5.41) is 0. The molecule has 18 heavy (non-hydrogen) atoms. The molecule has 0 unspecified atom stereocenters. The zero-order valence-corrected chi connectivity index (χ0v) is 7.98. The van der Waals surface area contributed by atoms with E-state index in [2.05, 4.69) is 0 Å². The van der Waals surface area contributed by atoms with Crippen molar-refractivity contribution in [2.24, 2.45) is 0 Å². The van der Waals surface area contributed by atoms with Crippen molar-refractivity contribution in [3.63, 3.8) is 0 Å². The molecule has 0 amide bonds. The van der Waals surface area contributed by atoms with E-state index in [1.807, 2.05) is 0 Å². The summed E-state index contributed by atoms with van der Waals surface area (Å²) in [5.74, 6) is -20.6. The third-order valence-corrected chi connectivity index (χ3v) is 2.65. The predicted octanol–water partition coefficient (Wildman–Crippen LogP) is 3.69. The highest BCUT2D eigenvalue weighted by Crippen LogP contribution is 2.74. The van der Waals surface area contributed by atoms with Gasteiger partial charge in [0.15, 0.2) is 23.3 Å². The van der Waals surface area contributed by atoms with Crippen LogP contribution in [0.2, 0.25) is 0 Å². The molecule has 9 heteroatoms. The Labute approximate surface area is 93.0 Å². The van der Waals surface area contributed by atoms with Crippen LogP contribution < -0.4 is 0 Å². The van der Waals surface area contributed by atoms with Gasteiger partial charge in [-0.15, -0.1) is 0 Å². The van der Waals surface area contributed by atoms with Crippen LogP contribution in [0.5, 0.6) is 0 Å². The molecule has 0 heterocycles. The van der Waals surface area contributed by atoms with E-state index in [0.29, 0.717) is 0 Å². The zero-order valence-electron chi connectivity index (χ0n) is 7.98. The molecule has 1 aliphatic carbocycles. The van der Waals surface area contributed by atoms with Crippen LogP contribution in [0.1, 0.15) is 5.56 Å². The summed E-state index contributed by atoms with van der Waals surface area (Å²) in [6.07, 6.45) is 0. The Morgan fingerprint density at radius 3 is 1.28 bits per heavy atom. The van der Waals surface area contributed by atoms with E-state index in [-0.39, 0.29) is 0 Å². The lowest BCUT2D eigenvalue weighted by atomic mass is 10.1. The van der Waals surface area contributed by atoms with Gasteiger partial charge in [0, 0.05) is 6.07 Å². The molecule has 0 nitrogen and oxygen atoms in total. The van der Waals surface area contributed by atoms with Gasteiger partial charge in [-0.1, -0.05) is 0 Å². The molecule has 0 bridgehead atoms. The lowest BCUT2D eigenvalue weighted by Crippen LogP contribution is -2.18. The maximum atomic E-state index is 13.4. The third-order valence-electron chi connectivity index (χ3n) is 2.65. The van der Waals surface area contributed by atoms with Crippen LogP contribution in [0, 0.1) is 23.3 Å². The second-order valence-corrected chi connectivity index (χ2v) is 3.65. The quantitative estimate of drug-likeness (QED) is 0.543. The maximum absolute atomic E-state index is 13.4. The third kappa shape index (κ3) is 1.10. The van der Waals surface area contributed by atoms with Gasteiger partial charge >= 0.3 is 11.8 Å². The summed E-state index contributed by atoms with van der Waals surface area (Å²) < 4.78 is 115. The molecule has 1 fully saturated rings. The van der Waals surface area contributed by atoms with Crippen molar-refractivity contribution in [1.29, 1.82) is 0 Å². The first-order valence-corrected chi connectivity index (χ1v) is 4.28. The Morgan fingerprint density at radius 1 is 0.667 bits per heavy atom. The van der Waals surface area contributed by atoms with Crippen molar-refractivity contribution in [2.75, 3.05) is 0 Å². The molecule has 0 aliphatic heterocycles. The van der Waals surface area contributed by atoms with Crippen LogP contribution in [0.15, 0.2) is 6.07 Å². The molecule has 1 aromatic carbocycles. The Hall–Kier alpha value is -1.41. The normalized spacial score (nSPS) is 22.9. The molecule has 0 N–H and O–H groups in total. The van der Waals surface area contributed by atoms with Crippen LogP contribution in [0.25, 0.3) is 0 Å². The molecule has 0 atom stereocenters. The molecular weight excluding hydrogens is 279 g/mol. The highest BCUT2D eigenvalue weighted by Gasteiger charge is 3.00. The Morgan fingerprint density at radius 2 is 1.00 bits per heavy atom. The second kappa shape index (κ2) is 3.12. The molecule has 0 saturated heterocycles. The zero-order chi connectivity index (χ0) is 14.1. The number of alkyl halides is 5. The van der Waals surface area contributed by atoms with E-state index in [1.54, 1.807) is 0 Å². The van der Waals surface area contributed by atoms with E-state index in [4.69, 9.17) is 0 Å². The SMILES string of the molecule is Fc1cc(F)c(F)c(C2(F)C(F)(F)C2(F)F)c1F. The van der Waals surface area contributed by atoms with Gasteiger partial charge in [0.05, 0.1) is 5.56 Å². The Balaban J connectivity index is 2.76. The molecular formula is C9HF9. The van der Waals surface area contributed by atoms with Crippen LogP contribution in [-0.4, -0.2) is 11.8 Å². The van der Waals surface area contributed by atoms with Crippen LogP contribution >= 0.6 is 0 Å². The topological polar surface area (TPSA) is 0 Å². The van der Waals surface area contributed by atoms with Crippen molar-refractivity contribution in [1.82, 2.24) is 0 Å². The minimum atomic E-state index is -5.44. The van der Waals surface area contributed by atoms with Gasteiger partial charge < -0.3 is 0 Å². The predicted molar refractivity (Wildman–Crippen MR) is 39.0 cm³/mol. The molecule has 1 aromatic rings. The van der Waals surface area contributed by atoms with E-state index >= 15 is 0 Å². The van der Waals surface area contributed by atoms with E-state index in [9.17, 15) is 39.5 Å². The molecule has 0 spiro atoms.